The molecule has 1 aromatic rings. The highest BCUT2D eigenvalue weighted by molar-refractivity contribution is 5.81. The van der Waals surface area contributed by atoms with Crippen molar-refractivity contribution in [3.8, 4) is 0 Å². The van der Waals surface area contributed by atoms with Gasteiger partial charge in [0.05, 0.1) is 0 Å². The average Bonchev–Trinajstić information content (AvgIpc) is 2.61. The number of hydrogen-bond acceptors (Lipinski definition) is 1. The number of fused-ring (bicyclic) bond motifs is 1. The molecule has 90 valence electrons. The predicted octanol–water partition coefficient (Wildman–Crippen LogP) is 3.80. The van der Waals surface area contributed by atoms with Crippen molar-refractivity contribution in [2.75, 3.05) is 0 Å². The summed E-state index contributed by atoms with van der Waals surface area (Å²) in [6.45, 7) is 6.32. The summed E-state index contributed by atoms with van der Waals surface area (Å²) in [7, 11) is 0. The van der Waals surface area contributed by atoms with Crippen LogP contribution in [0.3, 0.4) is 0 Å². The normalized spacial score (nSPS) is 13.8. The maximum Gasteiger partial charge on any atom is 0.137 e. The van der Waals surface area contributed by atoms with Crippen molar-refractivity contribution in [2.24, 2.45) is 5.41 Å². The average molecular weight is 228 g/mol. The maximum absolute atomic E-state index is 11.9. The Morgan fingerprint density at radius 3 is 2.76 bits per heavy atom. The number of Topliss-reactive ketones (excluding diaryl/α,β-unsaturated/α-hetero) is 1. The lowest BCUT2D eigenvalue weighted by Crippen LogP contribution is -2.14. The van der Waals surface area contributed by atoms with Gasteiger partial charge in [-0.3, -0.25) is 4.79 Å². The van der Waals surface area contributed by atoms with Gasteiger partial charge in [0.25, 0.3) is 0 Å². The van der Waals surface area contributed by atoms with Gasteiger partial charge in [0.15, 0.2) is 0 Å². The summed E-state index contributed by atoms with van der Waals surface area (Å²) in [5, 5.41) is 0. The molecule has 0 fully saturated rings. The molecular weight excluding hydrogens is 208 g/mol. The molecule has 1 aliphatic rings. The smallest absolute Gasteiger partial charge is 0.137 e. The quantitative estimate of drug-likeness (QED) is 0.769. The topological polar surface area (TPSA) is 17.1 Å². The van der Waals surface area contributed by atoms with Crippen LogP contribution < -0.4 is 0 Å². The van der Waals surface area contributed by atoms with Crippen molar-refractivity contribution in [2.45, 2.75) is 40.0 Å². The van der Waals surface area contributed by atoms with E-state index in [4.69, 9.17) is 0 Å². The van der Waals surface area contributed by atoms with Crippen LogP contribution in [0, 0.1) is 5.41 Å². The molecule has 0 amide bonds. The Morgan fingerprint density at radius 1 is 1.29 bits per heavy atom. The van der Waals surface area contributed by atoms with Gasteiger partial charge in [-0.25, -0.2) is 0 Å². The van der Waals surface area contributed by atoms with Gasteiger partial charge in [0, 0.05) is 12.8 Å². The van der Waals surface area contributed by atoms with Crippen molar-refractivity contribution >= 4 is 11.9 Å². The molecule has 0 aliphatic heterocycles. The molecule has 1 aromatic carbocycles. The van der Waals surface area contributed by atoms with Crippen LogP contribution in [0.5, 0.6) is 0 Å². The van der Waals surface area contributed by atoms with Gasteiger partial charge < -0.3 is 0 Å². The number of carbonyl (C=O) groups excluding carboxylic acids is 1. The highest BCUT2D eigenvalue weighted by Gasteiger charge is 2.16. The first kappa shape index (κ1) is 12.1. The molecule has 1 nitrogen and oxygen atoms in total. The van der Waals surface area contributed by atoms with Crippen LogP contribution in [-0.2, 0) is 17.6 Å². The number of benzene rings is 1. The van der Waals surface area contributed by atoms with Crippen molar-refractivity contribution in [1.82, 2.24) is 0 Å². The lowest BCUT2D eigenvalue weighted by Gasteiger charge is -2.16. The summed E-state index contributed by atoms with van der Waals surface area (Å²) in [5.41, 5.74) is 3.89. The van der Waals surface area contributed by atoms with Gasteiger partial charge in [-0.1, -0.05) is 51.1 Å². The first-order valence-electron chi connectivity index (χ1n) is 6.24. The first-order valence-corrected chi connectivity index (χ1v) is 6.24. The number of hydrogen-bond donors (Lipinski definition) is 0. The summed E-state index contributed by atoms with van der Waals surface area (Å²) < 4.78 is 0. The number of ketones is 1. The van der Waals surface area contributed by atoms with Crippen LogP contribution in [0.4, 0.5) is 0 Å². The van der Waals surface area contributed by atoms with Crippen LogP contribution in [0.25, 0.3) is 6.08 Å². The SMILES string of the molecule is CC(C)(C)CC(=O)Cc1ccc2c(c1)C=CC2. The van der Waals surface area contributed by atoms with Crippen LogP contribution in [-0.4, -0.2) is 5.78 Å². The first-order chi connectivity index (χ1) is 7.94. The molecule has 17 heavy (non-hydrogen) atoms. The number of allylic oxidation sites excluding steroid dienone is 1. The van der Waals surface area contributed by atoms with Crippen LogP contribution in [0.15, 0.2) is 24.3 Å². The summed E-state index contributed by atoms with van der Waals surface area (Å²) >= 11 is 0. The second-order valence-corrected chi connectivity index (χ2v) is 6.09. The summed E-state index contributed by atoms with van der Waals surface area (Å²) in [5.74, 6) is 0.333. The van der Waals surface area contributed by atoms with E-state index in [1.165, 1.54) is 11.1 Å². The molecule has 0 saturated heterocycles. The van der Waals surface area contributed by atoms with Crippen molar-refractivity contribution < 1.29 is 4.79 Å². The Labute approximate surface area is 104 Å². The predicted molar refractivity (Wildman–Crippen MR) is 72.0 cm³/mol. The van der Waals surface area contributed by atoms with E-state index in [-0.39, 0.29) is 5.41 Å². The fourth-order valence-corrected chi connectivity index (χ4v) is 2.29. The Balaban J connectivity index is 2.04. The molecular formula is C16H20O. The van der Waals surface area contributed by atoms with E-state index in [0.29, 0.717) is 18.6 Å². The minimum Gasteiger partial charge on any atom is -0.299 e. The summed E-state index contributed by atoms with van der Waals surface area (Å²) in [4.78, 5) is 11.9. The maximum atomic E-state index is 11.9. The molecule has 1 heteroatoms. The Hall–Kier alpha value is -1.37. The molecule has 0 N–H and O–H groups in total. The van der Waals surface area contributed by atoms with Gasteiger partial charge >= 0.3 is 0 Å². The highest BCUT2D eigenvalue weighted by atomic mass is 16.1. The van der Waals surface area contributed by atoms with Crippen LogP contribution >= 0.6 is 0 Å². The zero-order chi connectivity index (χ0) is 12.5. The van der Waals surface area contributed by atoms with E-state index in [1.54, 1.807) is 0 Å². The van der Waals surface area contributed by atoms with Crippen molar-refractivity contribution in [3.05, 3.63) is 41.0 Å². The van der Waals surface area contributed by atoms with Crippen LogP contribution in [0.1, 0.15) is 43.9 Å². The van der Waals surface area contributed by atoms with Crippen molar-refractivity contribution in [3.63, 3.8) is 0 Å². The fraction of sp³-hybridized carbons (Fsp3) is 0.438. The van der Waals surface area contributed by atoms with Gasteiger partial charge in [-0.15, -0.1) is 0 Å². The van der Waals surface area contributed by atoms with E-state index in [9.17, 15) is 4.79 Å². The van der Waals surface area contributed by atoms with E-state index in [0.717, 1.165) is 12.0 Å². The Kier molecular flexibility index (Phi) is 3.19. The van der Waals surface area contributed by atoms with E-state index < -0.39 is 0 Å². The molecule has 0 aromatic heterocycles. The molecule has 0 saturated carbocycles. The van der Waals surface area contributed by atoms with Gasteiger partial charge in [0.2, 0.25) is 0 Å². The monoisotopic (exact) mass is 228 g/mol. The molecule has 0 atom stereocenters. The third-order valence-corrected chi connectivity index (χ3v) is 2.97. The Morgan fingerprint density at radius 2 is 2.06 bits per heavy atom. The highest BCUT2D eigenvalue weighted by Crippen LogP contribution is 2.23. The third-order valence-electron chi connectivity index (χ3n) is 2.97. The largest absolute Gasteiger partial charge is 0.299 e. The molecule has 2 rings (SSSR count). The second kappa shape index (κ2) is 4.48. The molecule has 0 heterocycles. The Bertz CT molecular complexity index is 461. The number of rotatable bonds is 3. The molecule has 0 radical (unpaired) electrons. The summed E-state index contributed by atoms with van der Waals surface area (Å²) in [6.07, 6.45) is 6.57. The zero-order valence-electron chi connectivity index (χ0n) is 10.9. The molecule has 0 bridgehead atoms. The number of carbonyl (C=O) groups is 1. The van der Waals surface area contributed by atoms with E-state index in [1.807, 2.05) is 0 Å². The van der Waals surface area contributed by atoms with Gasteiger partial charge in [-0.05, 0) is 28.5 Å². The third kappa shape index (κ3) is 3.29. The fourth-order valence-electron chi connectivity index (χ4n) is 2.29. The van der Waals surface area contributed by atoms with Gasteiger partial charge in [0.1, 0.15) is 5.78 Å². The van der Waals surface area contributed by atoms with Crippen LogP contribution in [0.2, 0.25) is 0 Å². The minimum atomic E-state index is 0.0910. The second-order valence-electron chi connectivity index (χ2n) is 6.09. The standard InChI is InChI=1S/C16H20O/c1-16(2,3)11-15(17)10-12-7-8-13-5-4-6-14(13)9-12/h4,6-9H,5,10-11H2,1-3H3. The lowest BCUT2D eigenvalue weighted by atomic mass is 9.88. The minimum absolute atomic E-state index is 0.0910. The zero-order valence-corrected chi connectivity index (χ0v) is 10.9. The molecule has 1 aliphatic carbocycles. The molecule has 0 spiro atoms. The summed E-state index contributed by atoms with van der Waals surface area (Å²) in [6, 6.07) is 6.39. The van der Waals surface area contributed by atoms with Gasteiger partial charge in [-0.2, -0.15) is 0 Å². The van der Waals surface area contributed by atoms with E-state index >= 15 is 0 Å². The lowest BCUT2D eigenvalue weighted by molar-refractivity contribution is -0.120. The van der Waals surface area contributed by atoms with Crippen molar-refractivity contribution in [1.29, 1.82) is 0 Å². The van der Waals surface area contributed by atoms with E-state index in [2.05, 4.69) is 51.1 Å². The molecule has 0 unspecified atom stereocenters.